The first kappa shape index (κ1) is 9.26. The van der Waals surface area contributed by atoms with Crippen LogP contribution in [0.5, 0.6) is 0 Å². The molecule has 6 heteroatoms. The van der Waals surface area contributed by atoms with E-state index in [0.717, 1.165) is 25.7 Å². The lowest BCUT2D eigenvalue weighted by Gasteiger charge is -2.27. The minimum Gasteiger partial charge on any atom is -0.326 e. The summed E-state index contributed by atoms with van der Waals surface area (Å²) in [6.07, 6.45) is 3.79. The van der Waals surface area contributed by atoms with Gasteiger partial charge in [0.15, 0.2) is 0 Å². The summed E-state index contributed by atoms with van der Waals surface area (Å²) >= 11 is 0. The molecule has 0 radical (unpaired) electrons. The summed E-state index contributed by atoms with van der Waals surface area (Å²) in [5, 5.41) is 4.54. The van der Waals surface area contributed by atoms with E-state index in [9.17, 15) is 9.59 Å². The van der Waals surface area contributed by atoms with Crippen molar-refractivity contribution in [1.82, 2.24) is 14.8 Å². The van der Waals surface area contributed by atoms with E-state index < -0.39 is 11.4 Å². The van der Waals surface area contributed by atoms with E-state index >= 15 is 0 Å². The Balaban J connectivity index is 2.38. The van der Waals surface area contributed by atoms with E-state index in [0.29, 0.717) is 0 Å². The van der Waals surface area contributed by atoms with Crippen LogP contribution in [-0.4, -0.2) is 20.8 Å². The van der Waals surface area contributed by atoms with Crippen molar-refractivity contribution in [3.8, 4) is 0 Å². The molecule has 1 aliphatic carbocycles. The molecule has 1 aliphatic rings. The van der Waals surface area contributed by atoms with Crippen LogP contribution in [0.2, 0.25) is 0 Å². The number of aromatic nitrogens is 3. The third kappa shape index (κ3) is 1.41. The normalized spacial score (nSPS) is 27.8. The minimum atomic E-state index is -0.391. The molecule has 2 rings (SSSR count). The highest BCUT2D eigenvalue weighted by Gasteiger charge is 2.26. The summed E-state index contributed by atoms with van der Waals surface area (Å²) in [4.78, 5) is 22.6. The second-order valence-corrected chi connectivity index (χ2v) is 3.75. The van der Waals surface area contributed by atoms with Gasteiger partial charge in [-0.05, 0) is 12.8 Å². The molecule has 1 saturated carbocycles. The zero-order chi connectivity index (χ0) is 10.1. The van der Waals surface area contributed by atoms with Crippen LogP contribution >= 0.6 is 0 Å². The number of nitrogens with zero attached hydrogens (tertiary/aromatic N) is 1. The minimum absolute atomic E-state index is 0.0849. The Kier molecular flexibility index (Phi) is 2.28. The van der Waals surface area contributed by atoms with Crippen LogP contribution in [0, 0.1) is 0 Å². The van der Waals surface area contributed by atoms with Crippen molar-refractivity contribution in [2.45, 2.75) is 37.8 Å². The Morgan fingerprint density at radius 2 is 1.71 bits per heavy atom. The molecule has 0 amide bonds. The molecular formula is C8H14N4O2. The van der Waals surface area contributed by atoms with E-state index in [1.165, 1.54) is 4.57 Å². The summed E-state index contributed by atoms with van der Waals surface area (Å²) in [6, 6.07) is -0.232. The molecule has 2 unspecified atom stereocenters. The Bertz CT molecular complexity index is 388. The molecule has 0 aliphatic heterocycles. The monoisotopic (exact) mass is 198 g/mol. The maximum Gasteiger partial charge on any atom is 0.344 e. The standard InChI is InChI=1S/C8H14N4O2/c9-5-3-1-2-4-6(5)12-7(13)10-11-8(12)14/h5-6H,1-4,9H2,(H,10,13)(H,11,14). The van der Waals surface area contributed by atoms with E-state index in [1.54, 1.807) is 0 Å². The lowest BCUT2D eigenvalue weighted by molar-refractivity contribution is 0.295. The molecule has 0 aromatic carbocycles. The zero-order valence-corrected chi connectivity index (χ0v) is 7.82. The Hall–Kier alpha value is -1.30. The van der Waals surface area contributed by atoms with Crippen LogP contribution in [0.1, 0.15) is 31.7 Å². The third-order valence-corrected chi connectivity index (χ3v) is 2.83. The fraction of sp³-hybridized carbons (Fsp3) is 0.750. The van der Waals surface area contributed by atoms with Gasteiger partial charge in [-0.15, -0.1) is 0 Å². The quantitative estimate of drug-likeness (QED) is 0.557. The van der Waals surface area contributed by atoms with Crippen molar-refractivity contribution in [2.75, 3.05) is 0 Å². The van der Waals surface area contributed by atoms with Gasteiger partial charge in [-0.2, -0.15) is 0 Å². The highest BCUT2D eigenvalue weighted by molar-refractivity contribution is 4.85. The number of H-pyrrole nitrogens is 2. The number of hydrogen-bond acceptors (Lipinski definition) is 3. The second kappa shape index (κ2) is 3.45. The Morgan fingerprint density at radius 1 is 1.14 bits per heavy atom. The van der Waals surface area contributed by atoms with Crippen molar-refractivity contribution >= 4 is 0 Å². The molecular weight excluding hydrogens is 184 g/mol. The molecule has 1 heterocycles. The van der Waals surface area contributed by atoms with Crippen LogP contribution in [0.4, 0.5) is 0 Å². The Labute approximate surface area is 80.1 Å². The molecule has 2 atom stereocenters. The van der Waals surface area contributed by atoms with Crippen molar-refractivity contribution in [3.05, 3.63) is 21.0 Å². The van der Waals surface area contributed by atoms with Gasteiger partial charge in [0.05, 0.1) is 6.04 Å². The number of rotatable bonds is 1. The average molecular weight is 198 g/mol. The van der Waals surface area contributed by atoms with Crippen LogP contribution in [0.3, 0.4) is 0 Å². The molecule has 0 bridgehead atoms. The number of nitrogens with two attached hydrogens (primary N) is 1. The lowest BCUT2D eigenvalue weighted by atomic mass is 9.91. The molecule has 1 fully saturated rings. The fourth-order valence-electron chi connectivity index (χ4n) is 2.08. The van der Waals surface area contributed by atoms with Crippen molar-refractivity contribution < 1.29 is 0 Å². The van der Waals surface area contributed by atoms with Gasteiger partial charge < -0.3 is 5.73 Å². The summed E-state index contributed by atoms with van der Waals surface area (Å²) < 4.78 is 1.20. The number of hydrogen-bond donors (Lipinski definition) is 3. The van der Waals surface area contributed by atoms with Gasteiger partial charge in [0.2, 0.25) is 0 Å². The van der Waals surface area contributed by atoms with E-state index in [4.69, 9.17) is 5.73 Å². The van der Waals surface area contributed by atoms with E-state index in [1.807, 2.05) is 0 Å². The van der Waals surface area contributed by atoms with Crippen LogP contribution in [0.25, 0.3) is 0 Å². The first-order valence-corrected chi connectivity index (χ1v) is 4.85. The predicted molar refractivity (Wildman–Crippen MR) is 51.2 cm³/mol. The molecule has 1 aromatic heterocycles. The summed E-state index contributed by atoms with van der Waals surface area (Å²) in [6.45, 7) is 0. The van der Waals surface area contributed by atoms with Gasteiger partial charge in [0.25, 0.3) is 0 Å². The van der Waals surface area contributed by atoms with Crippen molar-refractivity contribution in [2.24, 2.45) is 5.73 Å². The SMILES string of the molecule is NC1CCCCC1n1c(=O)[nH][nH]c1=O. The van der Waals surface area contributed by atoms with Crippen molar-refractivity contribution in [3.63, 3.8) is 0 Å². The van der Waals surface area contributed by atoms with Crippen LogP contribution < -0.4 is 17.1 Å². The first-order chi connectivity index (χ1) is 6.70. The predicted octanol–water partition coefficient (Wildman–Crippen LogP) is -0.693. The van der Waals surface area contributed by atoms with Gasteiger partial charge in [-0.25, -0.2) is 24.4 Å². The van der Waals surface area contributed by atoms with Gasteiger partial charge >= 0.3 is 11.4 Å². The van der Waals surface area contributed by atoms with Crippen molar-refractivity contribution in [1.29, 1.82) is 0 Å². The lowest BCUT2D eigenvalue weighted by Crippen LogP contribution is -2.42. The maximum absolute atomic E-state index is 11.3. The molecule has 14 heavy (non-hydrogen) atoms. The fourth-order valence-corrected chi connectivity index (χ4v) is 2.08. The average Bonchev–Trinajstić information content (AvgIpc) is 2.48. The van der Waals surface area contributed by atoms with Crippen LogP contribution in [0.15, 0.2) is 9.59 Å². The summed E-state index contributed by atoms with van der Waals surface area (Å²) in [5.74, 6) is 0. The summed E-state index contributed by atoms with van der Waals surface area (Å²) in [5.41, 5.74) is 5.10. The molecule has 6 nitrogen and oxygen atoms in total. The number of nitrogens with one attached hydrogen (secondary N) is 2. The van der Waals surface area contributed by atoms with Gasteiger partial charge in [-0.1, -0.05) is 12.8 Å². The maximum atomic E-state index is 11.3. The van der Waals surface area contributed by atoms with E-state index in [2.05, 4.69) is 10.2 Å². The Morgan fingerprint density at radius 3 is 2.29 bits per heavy atom. The largest absolute Gasteiger partial charge is 0.344 e. The van der Waals surface area contributed by atoms with Gasteiger partial charge in [0, 0.05) is 6.04 Å². The van der Waals surface area contributed by atoms with Crippen LogP contribution in [-0.2, 0) is 0 Å². The molecule has 1 aromatic rings. The third-order valence-electron chi connectivity index (χ3n) is 2.83. The first-order valence-electron chi connectivity index (χ1n) is 4.85. The molecule has 0 spiro atoms. The topological polar surface area (TPSA) is 96.7 Å². The number of aromatic amines is 2. The van der Waals surface area contributed by atoms with Gasteiger partial charge in [0.1, 0.15) is 0 Å². The second-order valence-electron chi connectivity index (χ2n) is 3.75. The molecule has 78 valence electrons. The highest BCUT2D eigenvalue weighted by atomic mass is 16.2. The van der Waals surface area contributed by atoms with Gasteiger partial charge in [-0.3, -0.25) is 0 Å². The highest BCUT2D eigenvalue weighted by Crippen LogP contribution is 2.24. The van der Waals surface area contributed by atoms with E-state index in [-0.39, 0.29) is 12.1 Å². The summed E-state index contributed by atoms with van der Waals surface area (Å²) in [7, 11) is 0. The molecule has 4 N–H and O–H groups in total. The smallest absolute Gasteiger partial charge is 0.326 e. The molecule has 0 saturated heterocycles. The zero-order valence-electron chi connectivity index (χ0n) is 7.82.